The summed E-state index contributed by atoms with van der Waals surface area (Å²) in [5, 5.41) is 3.07. The number of hydrogen-bond acceptors (Lipinski definition) is 3. The lowest BCUT2D eigenvalue weighted by Gasteiger charge is -2.34. The average molecular weight is 379 g/mol. The van der Waals surface area contributed by atoms with Crippen LogP contribution in [0.15, 0.2) is 29.2 Å². The Labute approximate surface area is 157 Å². The van der Waals surface area contributed by atoms with Gasteiger partial charge in [0.15, 0.2) is 0 Å². The summed E-state index contributed by atoms with van der Waals surface area (Å²) in [4.78, 5) is 12.7. The van der Waals surface area contributed by atoms with Crippen molar-refractivity contribution < 1.29 is 13.2 Å². The Morgan fingerprint density at radius 1 is 1.00 bits per heavy atom. The smallest absolute Gasteiger partial charge is 0.251 e. The Kier molecular flexibility index (Phi) is 6.03. The number of hydrogen-bond donors (Lipinski definition) is 1. The molecule has 1 aromatic carbocycles. The van der Waals surface area contributed by atoms with Crippen molar-refractivity contribution in [1.82, 2.24) is 9.62 Å². The van der Waals surface area contributed by atoms with E-state index in [9.17, 15) is 13.2 Å². The topological polar surface area (TPSA) is 66.5 Å². The SMILES string of the molecule is CC1CC(C)CN(S(=O)(=O)c2ccc(C(=O)NC3CCCCC3)cc2)C1. The van der Waals surface area contributed by atoms with Crippen LogP contribution in [0.4, 0.5) is 0 Å². The van der Waals surface area contributed by atoms with Crippen LogP contribution < -0.4 is 5.32 Å². The van der Waals surface area contributed by atoms with Crippen molar-refractivity contribution in [3.63, 3.8) is 0 Å². The van der Waals surface area contributed by atoms with Gasteiger partial charge in [-0.05, 0) is 55.4 Å². The van der Waals surface area contributed by atoms with Crippen LogP contribution in [0.1, 0.15) is 62.7 Å². The summed E-state index contributed by atoms with van der Waals surface area (Å²) in [7, 11) is -3.50. The van der Waals surface area contributed by atoms with E-state index in [1.807, 2.05) is 0 Å². The molecular formula is C20H30N2O3S. The fourth-order valence-electron chi connectivity index (χ4n) is 4.25. The van der Waals surface area contributed by atoms with Crippen LogP contribution in [0, 0.1) is 11.8 Å². The second-order valence-corrected chi connectivity index (χ2v) is 10.0. The van der Waals surface area contributed by atoms with Gasteiger partial charge in [0.25, 0.3) is 5.91 Å². The van der Waals surface area contributed by atoms with Crippen molar-refractivity contribution in [2.75, 3.05) is 13.1 Å². The third kappa shape index (κ3) is 4.46. The predicted molar refractivity (Wildman–Crippen MR) is 102 cm³/mol. The van der Waals surface area contributed by atoms with Crippen LogP contribution in [0.5, 0.6) is 0 Å². The molecule has 3 rings (SSSR count). The van der Waals surface area contributed by atoms with E-state index in [4.69, 9.17) is 0 Å². The highest BCUT2D eigenvalue weighted by Gasteiger charge is 2.31. The fourth-order valence-corrected chi connectivity index (χ4v) is 5.92. The molecule has 1 aliphatic heterocycles. The molecule has 0 bridgehead atoms. The van der Waals surface area contributed by atoms with Gasteiger partial charge in [-0.1, -0.05) is 33.1 Å². The van der Waals surface area contributed by atoms with Crippen molar-refractivity contribution in [2.45, 2.75) is 63.3 Å². The molecule has 2 fully saturated rings. The van der Waals surface area contributed by atoms with E-state index < -0.39 is 10.0 Å². The Morgan fingerprint density at radius 3 is 2.15 bits per heavy atom. The molecule has 144 valence electrons. The minimum absolute atomic E-state index is 0.110. The molecule has 1 aromatic rings. The molecule has 1 N–H and O–H groups in total. The molecule has 1 heterocycles. The number of carbonyl (C=O) groups is 1. The molecular weight excluding hydrogens is 348 g/mol. The van der Waals surface area contributed by atoms with Gasteiger partial charge in [0.05, 0.1) is 4.90 Å². The van der Waals surface area contributed by atoms with Crippen LogP contribution in [0.25, 0.3) is 0 Å². The van der Waals surface area contributed by atoms with Gasteiger partial charge in [-0.2, -0.15) is 4.31 Å². The van der Waals surface area contributed by atoms with E-state index in [2.05, 4.69) is 19.2 Å². The Balaban J connectivity index is 1.69. The standard InChI is InChI=1S/C20H30N2O3S/c1-15-12-16(2)14-22(13-15)26(24,25)19-10-8-17(9-11-19)20(23)21-18-6-4-3-5-7-18/h8-11,15-16,18H,3-7,12-14H2,1-2H3,(H,21,23). The Bertz CT molecular complexity index is 714. The molecule has 6 heteroatoms. The monoisotopic (exact) mass is 378 g/mol. The van der Waals surface area contributed by atoms with Gasteiger partial charge in [0, 0.05) is 24.7 Å². The summed E-state index contributed by atoms with van der Waals surface area (Å²) in [5.74, 6) is 0.629. The summed E-state index contributed by atoms with van der Waals surface area (Å²) in [5.41, 5.74) is 0.523. The number of piperidine rings is 1. The van der Waals surface area contributed by atoms with E-state index in [0.29, 0.717) is 30.5 Å². The van der Waals surface area contributed by atoms with Crippen LogP contribution >= 0.6 is 0 Å². The zero-order chi connectivity index (χ0) is 18.7. The maximum Gasteiger partial charge on any atom is 0.251 e. The first kappa shape index (κ1) is 19.4. The summed E-state index contributed by atoms with van der Waals surface area (Å²) in [6.07, 6.45) is 6.69. The third-order valence-electron chi connectivity index (χ3n) is 5.53. The number of nitrogens with zero attached hydrogens (tertiary/aromatic N) is 1. The van der Waals surface area contributed by atoms with Crippen LogP contribution in [0.3, 0.4) is 0 Å². The first-order chi connectivity index (χ1) is 12.4. The van der Waals surface area contributed by atoms with Gasteiger partial charge in [0.2, 0.25) is 10.0 Å². The minimum atomic E-state index is -3.50. The molecule has 1 amide bonds. The van der Waals surface area contributed by atoms with E-state index in [0.717, 1.165) is 32.1 Å². The second-order valence-electron chi connectivity index (χ2n) is 8.10. The number of benzene rings is 1. The zero-order valence-electron chi connectivity index (χ0n) is 15.8. The number of sulfonamides is 1. The van der Waals surface area contributed by atoms with Crippen LogP contribution in [-0.4, -0.2) is 37.8 Å². The number of carbonyl (C=O) groups excluding carboxylic acids is 1. The zero-order valence-corrected chi connectivity index (χ0v) is 16.6. The van der Waals surface area contributed by atoms with Gasteiger partial charge in [-0.15, -0.1) is 0 Å². The lowest BCUT2D eigenvalue weighted by molar-refractivity contribution is 0.0927. The number of nitrogens with one attached hydrogen (secondary N) is 1. The third-order valence-corrected chi connectivity index (χ3v) is 7.38. The highest BCUT2D eigenvalue weighted by molar-refractivity contribution is 7.89. The van der Waals surface area contributed by atoms with Crippen molar-refractivity contribution in [3.05, 3.63) is 29.8 Å². The number of rotatable bonds is 4. The predicted octanol–water partition coefficient (Wildman–Crippen LogP) is 3.42. The molecule has 0 radical (unpaired) electrons. The minimum Gasteiger partial charge on any atom is -0.349 e. The van der Waals surface area contributed by atoms with Crippen molar-refractivity contribution in [2.24, 2.45) is 11.8 Å². The summed E-state index contributed by atoms with van der Waals surface area (Å²) < 4.78 is 27.4. The van der Waals surface area contributed by atoms with Gasteiger partial charge in [-0.25, -0.2) is 8.42 Å². The molecule has 2 aliphatic rings. The quantitative estimate of drug-likeness (QED) is 0.873. The maximum absolute atomic E-state index is 12.9. The molecule has 1 saturated carbocycles. The molecule has 1 saturated heterocycles. The van der Waals surface area contributed by atoms with Crippen molar-refractivity contribution >= 4 is 15.9 Å². The lowest BCUT2D eigenvalue weighted by Crippen LogP contribution is -2.42. The molecule has 2 unspecified atom stereocenters. The largest absolute Gasteiger partial charge is 0.349 e. The van der Waals surface area contributed by atoms with Crippen LogP contribution in [-0.2, 0) is 10.0 Å². The van der Waals surface area contributed by atoms with Gasteiger partial charge >= 0.3 is 0 Å². The first-order valence-electron chi connectivity index (χ1n) is 9.77. The van der Waals surface area contributed by atoms with Crippen LogP contribution in [0.2, 0.25) is 0 Å². The van der Waals surface area contributed by atoms with E-state index >= 15 is 0 Å². The fraction of sp³-hybridized carbons (Fsp3) is 0.650. The maximum atomic E-state index is 12.9. The van der Waals surface area contributed by atoms with Gasteiger partial charge in [-0.3, -0.25) is 4.79 Å². The second kappa shape index (κ2) is 8.09. The first-order valence-corrected chi connectivity index (χ1v) is 11.2. The normalized spacial score (nSPS) is 25.8. The molecule has 1 aliphatic carbocycles. The van der Waals surface area contributed by atoms with E-state index in [1.54, 1.807) is 28.6 Å². The Morgan fingerprint density at radius 2 is 1.58 bits per heavy atom. The Hall–Kier alpha value is -1.40. The summed E-state index contributed by atoms with van der Waals surface area (Å²) >= 11 is 0. The molecule has 2 atom stereocenters. The van der Waals surface area contributed by atoms with Crippen molar-refractivity contribution in [3.8, 4) is 0 Å². The molecule has 0 spiro atoms. The van der Waals surface area contributed by atoms with E-state index in [1.165, 1.54) is 6.42 Å². The molecule has 0 aromatic heterocycles. The average Bonchev–Trinajstić information content (AvgIpc) is 2.62. The molecule has 5 nitrogen and oxygen atoms in total. The van der Waals surface area contributed by atoms with E-state index in [-0.39, 0.29) is 16.8 Å². The van der Waals surface area contributed by atoms with Gasteiger partial charge in [0.1, 0.15) is 0 Å². The summed E-state index contributed by atoms with van der Waals surface area (Å²) in [6, 6.07) is 6.63. The highest BCUT2D eigenvalue weighted by Crippen LogP contribution is 2.27. The summed E-state index contributed by atoms with van der Waals surface area (Å²) in [6.45, 7) is 5.32. The molecule has 26 heavy (non-hydrogen) atoms. The van der Waals surface area contributed by atoms with Gasteiger partial charge < -0.3 is 5.32 Å². The lowest BCUT2D eigenvalue weighted by atomic mass is 9.94. The van der Waals surface area contributed by atoms with Crippen molar-refractivity contribution in [1.29, 1.82) is 0 Å². The highest BCUT2D eigenvalue weighted by atomic mass is 32.2. The number of amides is 1.